The van der Waals surface area contributed by atoms with E-state index in [4.69, 9.17) is 0 Å². The summed E-state index contributed by atoms with van der Waals surface area (Å²) in [5, 5.41) is 1.13. The maximum atomic E-state index is 13.1. The molecule has 0 aliphatic carbocycles. The molecule has 2 N–H and O–H groups in total. The minimum atomic E-state index is -3.87. The molecule has 1 amide bonds. The summed E-state index contributed by atoms with van der Waals surface area (Å²) in [6, 6.07) is 11.4. The number of aromatic amines is 1. The van der Waals surface area contributed by atoms with Gasteiger partial charge in [0, 0.05) is 53.3 Å². The van der Waals surface area contributed by atoms with Crippen molar-refractivity contribution in [3.8, 4) is 0 Å². The molecule has 0 bridgehead atoms. The van der Waals surface area contributed by atoms with Gasteiger partial charge >= 0.3 is 0 Å². The molecule has 2 aliphatic heterocycles. The van der Waals surface area contributed by atoms with E-state index in [0.717, 1.165) is 34.1 Å². The van der Waals surface area contributed by atoms with Gasteiger partial charge in [-0.2, -0.15) is 0 Å². The van der Waals surface area contributed by atoms with E-state index in [1.807, 2.05) is 6.92 Å². The molecule has 2 aromatic carbocycles. The van der Waals surface area contributed by atoms with Crippen molar-refractivity contribution in [2.75, 3.05) is 18.1 Å². The monoisotopic (exact) mass is 487 g/mol. The van der Waals surface area contributed by atoms with E-state index in [0.29, 0.717) is 18.7 Å². The van der Waals surface area contributed by atoms with Gasteiger partial charge in [-0.25, -0.2) is 21.6 Å². The van der Waals surface area contributed by atoms with Gasteiger partial charge in [0.25, 0.3) is 5.91 Å². The van der Waals surface area contributed by atoms with Gasteiger partial charge in [-0.1, -0.05) is 11.6 Å². The molecule has 2 aliphatic rings. The Bertz CT molecular complexity index is 1460. The Morgan fingerprint density at radius 2 is 1.91 bits per heavy atom. The Morgan fingerprint density at radius 1 is 1.15 bits per heavy atom. The molecule has 10 heteroatoms. The Kier molecular flexibility index (Phi) is 5.34. The standard InChI is InChI=1S/C23H25N3O5S2/c1-15-2-7-21-19(12-15)20-13-26(10-8-22(20)24-21)23(27)16-3-5-18(6-4-16)33(30,31)25-17-9-11-32(28,29)14-17/h2-7,12,17,24-25H,8-11,13-14H2,1H3. The number of H-pyrrole nitrogens is 1. The van der Waals surface area contributed by atoms with Crippen LogP contribution in [0, 0.1) is 6.92 Å². The first-order valence-electron chi connectivity index (χ1n) is 10.8. The first kappa shape index (κ1) is 22.1. The van der Waals surface area contributed by atoms with Crippen molar-refractivity contribution in [1.29, 1.82) is 0 Å². The van der Waals surface area contributed by atoms with Gasteiger partial charge in [0.2, 0.25) is 10.0 Å². The number of aromatic nitrogens is 1. The molecule has 174 valence electrons. The highest BCUT2D eigenvalue weighted by molar-refractivity contribution is 7.92. The maximum Gasteiger partial charge on any atom is 0.254 e. The highest BCUT2D eigenvalue weighted by Crippen LogP contribution is 2.29. The van der Waals surface area contributed by atoms with Crippen molar-refractivity contribution >= 4 is 36.7 Å². The fourth-order valence-corrected chi connectivity index (χ4v) is 7.69. The molecule has 3 aromatic rings. The third kappa shape index (κ3) is 4.30. The van der Waals surface area contributed by atoms with E-state index in [2.05, 4.69) is 27.9 Å². The summed E-state index contributed by atoms with van der Waals surface area (Å²) in [7, 11) is -7.06. The summed E-state index contributed by atoms with van der Waals surface area (Å²) in [6.07, 6.45) is 0.998. The van der Waals surface area contributed by atoms with Gasteiger partial charge in [-0.15, -0.1) is 0 Å². The molecular weight excluding hydrogens is 462 g/mol. The van der Waals surface area contributed by atoms with Crippen molar-refractivity contribution in [2.24, 2.45) is 0 Å². The summed E-state index contributed by atoms with van der Waals surface area (Å²) < 4.78 is 50.9. The van der Waals surface area contributed by atoms with Crippen LogP contribution in [-0.4, -0.2) is 56.7 Å². The lowest BCUT2D eigenvalue weighted by atomic mass is 10.0. The van der Waals surface area contributed by atoms with Crippen LogP contribution in [0.5, 0.6) is 0 Å². The van der Waals surface area contributed by atoms with E-state index < -0.39 is 25.9 Å². The van der Waals surface area contributed by atoms with Gasteiger partial charge in [0.1, 0.15) is 0 Å². The molecule has 0 spiro atoms. The summed E-state index contributed by atoms with van der Waals surface area (Å²) in [5.74, 6) is -0.352. The number of fused-ring (bicyclic) bond motifs is 3. The maximum absolute atomic E-state index is 13.1. The van der Waals surface area contributed by atoms with Crippen LogP contribution in [-0.2, 0) is 32.8 Å². The number of hydrogen-bond donors (Lipinski definition) is 2. The molecule has 8 nitrogen and oxygen atoms in total. The van der Waals surface area contributed by atoms with Crippen LogP contribution in [0.15, 0.2) is 47.4 Å². The van der Waals surface area contributed by atoms with Crippen LogP contribution in [0.4, 0.5) is 0 Å². The van der Waals surface area contributed by atoms with Crippen LogP contribution in [0.1, 0.15) is 33.6 Å². The molecule has 1 fully saturated rings. The quantitative estimate of drug-likeness (QED) is 0.585. The molecule has 5 rings (SSSR count). The van der Waals surface area contributed by atoms with Crippen molar-refractivity contribution in [3.63, 3.8) is 0 Å². The van der Waals surface area contributed by atoms with Crippen LogP contribution < -0.4 is 4.72 Å². The molecular formula is C23H25N3O5S2. The number of rotatable bonds is 4. The van der Waals surface area contributed by atoms with E-state index in [1.165, 1.54) is 24.3 Å². The van der Waals surface area contributed by atoms with Gasteiger partial charge in [0.05, 0.1) is 16.4 Å². The lowest BCUT2D eigenvalue weighted by Gasteiger charge is -2.27. The fraction of sp³-hybridized carbons (Fsp3) is 0.348. The number of nitrogens with one attached hydrogen (secondary N) is 2. The first-order chi connectivity index (χ1) is 15.6. The molecule has 33 heavy (non-hydrogen) atoms. The van der Waals surface area contributed by atoms with Gasteiger partial charge in [0.15, 0.2) is 9.84 Å². The van der Waals surface area contributed by atoms with E-state index >= 15 is 0 Å². The second kappa shape index (κ2) is 7.96. The van der Waals surface area contributed by atoms with Crippen molar-refractivity contribution in [3.05, 3.63) is 64.8 Å². The van der Waals surface area contributed by atoms with Crippen LogP contribution >= 0.6 is 0 Å². The SMILES string of the molecule is Cc1ccc2[nH]c3c(c2c1)CN(C(=O)c1ccc(S(=O)(=O)NC2CCS(=O)(=O)C2)cc1)CC3. The lowest BCUT2D eigenvalue weighted by molar-refractivity contribution is 0.0735. The first-order valence-corrected chi connectivity index (χ1v) is 14.1. The van der Waals surface area contributed by atoms with Crippen LogP contribution in [0.25, 0.3) is 10.9 Å². The normalized spacial score (nSPS) is 20.2. The zero-order valence-electron chi connectivity index (χ0n) is 18.2. The summed E-state index contributed by atoms with van der Waals surface area (Å²) in [4.78, 5) is 18.4. The fourth-order valence-electron chi connectivity index (χ4n) is 4.64. The number of aryl methyl sites for hydroxylation is 1. The number of carbonyl (C=O) groups is 1. The topological polar surface area (TPSA) is 116 Å². The molecule has 1 aromatic heterocycles. The molecule has 1 unspecified atom stereocenters. The number of amides is 1. The smallest absolute Gasteiger partial charge is 0.254 e. The van der Waals surface area contributed by atoms with E-state index in [-0.39, 0.29) is 28.7 Å². The van der Waals surface area contributed by atoms with Gasteiger partial charge in [-0.05, 0) is 49.7 Å². The predicted molar refractivity (Wildman–Crippen MR) is 125 cm³/mol. The van der Waals surface area contributed by atoms with Crippen LogP contribution in [0.2, 0.25) is 0 Å². The molecule has 3 heterocycles. The lowest BCUT2D eigenvalue weighted by Crippen LogP contribution is -2.36. The number of carbonyl (C=O) groups excluding carboxylic acids is 1. The Morgan fingerprint density at radius 3 is 2.61 bits per heavy atom. The second-order valence-corrected chi connectivity index (χ2v) is 12.8. The average molecular weight is 488 g/mol. The average Bonchev–Trinajstić information content (AvgIpc) is 3.31. The molecule has 1 saturated heterocycles. The predicted octanol–water partition coefficient (Wildman–Crippen LogP) is 2.14. The Labute approximate surface area is 193 Å². The van der Waals surface area contributed by atoms with Gasteiger partial charge < -0.3 is 9.88 Å². The number of sulfone groups is 1. The zero-order chi connectivity index (χ0) is 23.4. The van der Waals surface area contributed by atoms with Crippen molar-refractivity contribution in [1.82, 2.24) is 14.6 Å². The minimum absolute atomic E-state index is 0.0105. The minimum Gasteiger partial charge on any atom is -0.358 e. The molecule has 0 saturated carbocycles. The third-order valence-electron chi connectivity index (χ3n) is 6.38. The van der Waals surface area contributed by atoms with E-state index in [9.17, 15) is 21.6 Å². The van der Waals surface area contributed by atoms with E-state index in [1.54, 1.807) is 4.90 Å². The van der Waals surface area contributed by atoms with Crippen LogP contribution in [0.3, 0.4) is 0 Å². The summed E-state index contributed by atoms with van der Waals surface area (Å²) in [5.41, 5.74) is 4.92. The number of sulfonamides is 1. The highest BCUT2D eigenvalue weighted by Gasteiger charge is 2.31. The Hall–Kier alpha value is -2.69. The number of benzene rings is 2. The van der Waals surface area contributed by atoms with Crippen molar-refractivity contribution in [2.45, 2.75) is 37.2 Å². The number of hydrogen-bond acceptors (Lipinski definition) is 5. The second-order valence-electron chi connectivity index (χ2n) is 8.85. The summed E-state index contributed by atoms with van der Waals surface area (Å²) >= 11 is 0. The third-order valence-corrected chi connectivity index (χ3v) is 9.69. The van der Waals surface area contributed by atoms with Crippen molar-refractivity contribution < 1.29 is 21.6 Å². The van der Waals surface area contributed by atoms with Gasteiger partial charge in [-0.3, -0.25) is 4.79 Å². The number of nitrogens with zero attached hydrogens (tertiary/aromatic N) is 1. The Balaban J connectivity index is 1.32. The molecule has 1 atom stereocenters. The molecule has 0 radical (unpaired) electrons. The largest absolute Gasteiger partial charge is 0.358 e. The zero-order valence-corrected chi connectivity index (χ0v) is 19.8. The highest BCUT2D eigenvalue weighted by atomic mass is 32.2. The summed E-state index contributed by atoms with van der Waals surface area (Å²) in [6.45, 7) is 3.12.